The number of nitrogens with two attached hydrogens (primary N) is 1. The second-order valence-electron chi connectivity index (χ2n) is 4.58. The molecule has 12 heavy (non-hydrogen) atoms. The van der Waals surface area contributed by atoms with Crippen molar-refractivity contribution in [1.82, 2.24) is 0 Å². The second kappa shape index (κ2) is 3.75. The number of aliphatic hydroxyl groups is 1. The molecule has 2 nitrogen and oxygen atoms in total. The molecule has 1 rings (SSSR count). The lowest BCUT2D eigenvalue weighted by atomic mass is 9.78. The third kappa shape index (κ3) is 2.46. The van der Waals surface area contributed by atoms with E-state index in [0.717, 1.165) is 0 Å². The van der Waals surface area contributed by atoms with E-state index < -0.39 is 5.60 Å². The fourth-order valence-electron chi connectivity index (χ4n) is 2.07. The maximum Gasteiger partial charge on any atom is 0.0744 e. The summed E-state index contributed by atoms with van der Waals surface area (Å²) in [6.07, 6.45) is 6.31. The molecular formula is C10H21NO. The number of hydrogen-bond acceptors (Lipinski definition) is 2. The number of hydrogen-bond donors (Lipinski definition) is 2. The van der Waals surface area contributed by atoms with Crippen LogP contribution in [0.5, 0.6) is 0 Å². The first-order chi connectivity index (χ1) is 5.52. The van der Waals surface area contributed by atoms with Gasteiger partial charge in [-0.3, -0.25) is 0 Å². The van der Waals surface area contributed by atoms with Gasteiger partial charge in [-0.15, -0.1) is 0 Å². The molecule has 1 saturated carbocycles. The topological polar surface area (TPSA) is 46.2 Å². The quantitative estimate of drug-likeness (QED) is 0.664. The highest BCUT2D eigenvalue weighted by Crippen LogP contribution is 2.29. The van der Waals surface area contributed by atoms with E-state index in [-0.39, 0.29) is 6.04 Å². The molecule has 3 N–H and O–H groups in total. The maximum atomic E-state index is 9.71. The lowest BCUT2D eigenvalue weighted by Crippen LogP contribution is -2.48. The summed E-state index contributed by atoms with van der Waals surface area (Å²) in [5, 5.41) is 9.71. The van der Waals surface area contributed by atoms with E-state index >= 15 is 0 Å². The zero-order valence-corrected chi connectivity index (χ0v) is 8.21. The Morgan fingerprint density at radius 1 is 1.25 bits per heavy atom. The maximum absolute atomic E-state index is 9.71. The third-order valence-electron chi connectivity index (χ3n) is 2.97. The third-order valence-corrected chi connectivity index (χ3v) is 2.97. The van der Waals surface area contributed by atoms with Crippen molar-refractivity contribution in [3.8, 4) is 0 Å². The molecule has 0 aromatic rings. The van der Waals surface area contributed by atoms with Crippen molar-refractivity contribution in [3.63, 3.8) is 0 Å². The zero-order chi connectivity index (χ0) is 9.19. The van der Waals surface area contributed by atoms with Gasteiger partial charge in [0.15, 0.2) is 0 Å². The molecule has 1 fully saturated rings. The van der Waals surface area contributed by atoms with Gasteiger partial charge in [-0.25, -0.2) is 0 Å². The molecule has 1 atom stereocenters. The molecule has 0 unspecified atom stereocenters. The van der Waals surface area contributed by atoms with Crippen molar-refractivity contribution >= 4 is 0 Å². The van der Waals surface area contributed by atoms with Crippen LogP contribution >= 0.6 is 0 Å². The fourth-order valence-corrected chi connectivity index (χ4v) is 2.07. The van der Waals surface area contributed by atoms with Crippen molar-refractivity contribution in [2.75, 3.05) is 0 Å². The van der Waals surface area contributed by atoms with E-state index in [1.165, 1.54) is 32.1 Å². The molecule has 1 aliphatic rings. The van der Waals surface area contributed by atoms with Crippen LogP contribution in [-0.2, 0) is 0 Å². The highest BCUT2D eigenvalue weighted by atomic mass is 16.3. The van der Waals surface area contributed by atoms with Crippen molar-refractivity contribution in [2.45, 2.75) is 57.6 Å². The van der Waals surface area contributed by atoms with Gasteiger partial charge in [-0.2, -0.15) is 0 Å². The Morgan fingerprint density at radius 2 is 1.75 bits per heavy atom. The molecule has 2 heteroatoms. The molecule has 0 spiro atoms. The summed E-state index contributed by atoms with van der Waals surface area (Å²) in [6, 6.07) is -0.0437. The van der Waals surface area contributed by atoms with Crippen LogP contribution in [0.3, 0.4) is 0 Å². The van der Waals surface area contributed by atoms with E-state index in [1.807, 2.05) is 13.8 Å². The summed E-state index contributed by atoms with van der Waals surface area (Å²) >= 11 is 0. The Kier molecular flexibility index (Phi) is 3.13. The van der Waals surface area contributed by atoms with Gasteiger partial charge in [-0.05, 0) is 32.6 Å². The van der Waals surface area contributed by atoms with Crippen LogP contribution in [0.4, 0.5) is 0 Å². The summed E-state index contributed by atoms with van der Waals surface area (Å²) in [5.74, 6) is 0.541. The summed E-state index contributed by atoms with van der Waals surface area (Å²) in [7, 11) is 0. The largest absolute Gasteiger partial charge is 0.389 e. The molecule has 0 aliphatic heterocycles. The molecule has 0 bridgehead atoms. The van der Waals surface area contributed by atoms with Crippen LogP contribution < -0.4 is 5.73 Å². The van der Waals surface area contributed by atoms with E-state index in [4.69, 9.17) is 5.73 Å². The van der Waals surface area contributed by atoms with Gasteiger partial charge in [-0.1, -0.05) is 19.3 Å². The standard InChI is InChI=1S/C10H21NO/c1-10(2,12)9(11)8-6-4-3-5-7-8/h8-9,12H,3-7,11H2,1-2H3/t9-/m1/s1. The average Bonchev–Trinajstić information content (AvgIpc) is 2.03. The smallest absolute Gasteiger partial charge is 0.0744 e. The van der Waals surface area contributed by atoms with Crippen LogP contribution in [0.1, 0.15) is 46.0 Å². The molecule has 0 aromatic heterocycles. The SMILES string of the molecule is CC(C)(O)[C@H](N)C1CCCCC1. The molecule has 0 radical (unpaired) electrons. The van der Waals surface area contributed by atoms with Crippen molar-refractivity contribution in [3.05, 3.63) is 0 Å². The summed E-state index contributed by atoms with van der Waals surface area (Å²) in [6.45, 7) is 3.62. The molecule has 1 aliphatic carbocycles. The summed E-state index contributed by atoms with van der Waals surface area (Å²) < 4.78 is 0. The van der Waals surface area contributed by atoms with Gasteiger partial charge >= 0.3 is 0 Å². The predicted octanol–water partition coefficient (Wildman–Crippen LogP) is 1.66. The van der Waals surface area contributed by atoms with Crippen molar-refractivity contribution in [2.24, 2.45) is 11.7 Å². The second-order valence-corrected chi connectivity index (χ2v) is 4.58. The average molecular weight is 171 g/mol. The molecule has 72 valence electrons. The molecule has 0 aromatic carbocycles. The highest BCUT2D eigenvalue weighted by Gasteiger charge is 2.31. The van der Waals surface area contributed by atoms with Gasteiger partial charge in [0.2, 0.25) is 0 Å². The monoisotopic (exact) mass is 171 g/mol. The van der Waals surface area contributed by atoms with Crippen molar-refractivity contribution in [1.29, 1.82) is 0 Å². The predicted molar refractivity (Wildman–Crippen MR) is 50.8 cm³/mol. The minimum absolute atomic E-state index is 0.0437. The van der Waals surface area contributed by atoms with E-state index in [1.54, 1.807) is 0 Å². The Balaban J connectivity index is 2.45. The first kappa shape index (κ1) is 10.0. The van der Waals surface area contributed by atoms with Crippen LogP contribution in [-0.4, -0.2) is 16.7 Å². The van der Waals surface area contributed by atoms with Crippen LogP contribution in [0.15, 0.2) is 0 Å². The Bertz CT molecular complexity index is 133. The first-order valence-corrected chi connectivity index (χ1v) is 5.00. The molecule has 0 amide bonds. The summed E-state index contributed by atoms with van der Waals surface area (Å²) in [5.41, 5.74) is 5.27. The van der Waals surface area contributed by atoms with Gasteiger partial charge in [0.1, 0.15) is 0 Å². The Hall–Kier alpha value is -0.0800. The van der Waals surface area contributed by atoms with Crippen LogP contribution in [0.25, 0.3) is 0 Å². The number of rotatable bonds is 2. The van der Waals surface area contributed by atoms with Gasteiger partial charge in [0, 0.05) is 6.04 Å². The minimum atomic E-state index is -0.706. The molecule has 0 saturated heterocycles. The van der Waals surface area contributed by atoms with Gasteiger partial charge in [0.05, 0.1) is 5.60 Å². The molecule has 0 heterocycles. The van der Waals surface area contributed by atoms with Crippen LogP contribution in [0.2, 0.25) is 0 Å². The zero-order valence-electron chi connectivity index (χ0n) is 8.21. The van der Waals surface area contributed by atoms with Gasteiger partial charge < -0.3 is 10.8 Å². The Morgan fingerprint density at radius 3 is 2.17 bits per heavy atom. The van der Waals surface area contributed by atoms with Crippen molar-refractivity contribution < 1.29 is 5.11 Å². The van der Waals surface area contributed by atoms with Gasteiger partial charge in [0.25, 0.3) is 0 Å². The first-order valence-electron chi connectivity index (χ1n) is 5.00. The Labute approximate surface area is 75.2 Å². The molecular weight excluding hydrogens is 150 g/mol. The minimum Gasteiger partial charge on any atom is -0.389 e. The summed E-state index contributed by atoms with van der Waals surface area (Å²) in [4.78, 5) is 0. The van der Waals surface area contributed by atoms with E-state index in [0.29, 0.717) is 5.92 Å². The lowest BCUT2D eigenvalue weighted by molar-refractivity contribution is 0.0229. The van der Waals surface area contributed by atoms with Crippen LogP contribution in [0, 0.1) is 5.92 Å². The lowest BCUT2D eigenvalue weighted by Gasteiger charge is -2.35. The van der Waals surface area contributed by atoms with E-state index in [2.05, 4.69) is 0 Å². The normalized spacial score (nSPS) is 24.0. The highest BCUT2D eigenvalue weighted by molar-refractivity contribution is 4.87. The fraction of sp³-hybridized carbons (Fsp3) is 1.00. The van der Waals surface area contributed by atoms with E-state index in [9.17, 15) is 5.11 Å².